The molecule has 0 amide bonds. The van der Waals surface area contributed by atoms with Gasteiger partial charge in [-0.05, 0) is 37.0 Å². The molecule has 0 saturated carbocycles. The number of hydrogen-bond donors (Lipinski definition) is 1. The number of nitrogens with zero attached hydrogens (tertiary/aromatic N) is 1. The Morgan fingerprint density at radius 2 is 2.00 bits per heavy atom. The third-order valence-corrected chi connectivity index (χ3v) is 6.30. The van der Waals surface area contributed by atoms with Crippen molar-refractivity contribution in [2.24, 2.45) is 0 Å². The zero-order chi connectivity index (χ0) is 15.6. The summed E-state index contributed by atoms with van der Waals surface area (Å²) in [5, 5.41) is 0. The molecule has 6 heteroatoms. The largest absolute Gasteiger partial charge is 0.399 e. The maximum Gasteiger partial charge on any atom is 0.151 e. The molecular formula is C16H24N2O3S. The van der Waals surface area contributed by atoms with Crippen molar-refractivity contribution in [3.8, 4) is 0 Å². The molecule has 3 rings (SSSR count). The summed E-state index contributed by atoms with van der Waals surface area (Å²) >= 11 is 0. The van der Waals surface area contributed by atoms with Crippen LogP contribution in [0.1, 0.15) is 24.8 Å². The van der Waals surface area contributed by atoms with Crippen LogP contribution in [0, 0.1) is 0 Å². The van der Waals surface area contributed by atoms with Gasteiger partial charge in [0.2, 0.25) is 0 Å². The molecule has 0 spiro atoms. The summed E-state index contributed by atoms with van der Waals surface area (Å²) in [6.45, 7) is 2.38. The normalized spacial score (nSPS) is 27.5. The highest BCUT2D eigenvalue weighted by molar-refractivity contribution is 7.91. The van der Waals surface area contributed by atoms with E-state index in [9.17, 15) is 8.42 Å². The molecule has 2 saturated heterocycles. The van der Waals surface area contributed by atoms with Crippen molar-refractivity contribution in [2.45, 2.75) is 38.0 Å². The van der Waals surface area contributed by atoms with Gasteiger partial charge in [0.25, 0.3) is 0 Å². The molecule has 2 fully saturated rings. The monoisotopic (exact) mass is 324 g/mol. The molecule has 0 bridgehead atoms. The minimum Gasteiger partial charge on any atom is -0.399 e. The Kier molecular flexibility index (Phi) is 4.70. The van der Waals surface area contributed by atoms with Crippen LogP contribution in [0.5, 0.6) is 0 Å². The molecule has 0 aromatic heterocycles. The summed E-state index contributed by atoms with van der Waals surface area (Å²) < 4.78 is 29.4. The first-order valence-corrected chi connectivity index (χ1v) is 9.74. The Labute approximate surface area is 132 Å². The number of ether oxygens (including phenoxy) is 1. The lowest BCUT2D eigenvalue weighted by Crippen LogP contribution is -2.40. The summed E-state index contributed by atoms with van der Waals surface area (Å²) in [5.74, 6) is 0.579. The van der Waals surface area contributed by atoms with E-state index in [0.717, 1.165) is 50.2 Å². The Morgan fingerprint density at radius 1 is 1.23 bits per heavy atom. The maximum atomic E-state index is 11.8. The van der Waals surface area contributed by atoms with Crippen LogP contribution in [-0.2, 0) is 21.1 Å². The van der Waals surface area contributed by atoms with Crippen LogP contribution in [0.15, 0.2) is 24.3 Å². The lowest BCUT2D eigenvalue weighted by molar-refractivity contribution is 0.0574. The molecule has 122 valence electrons. The molecular weight excluding hydrogens is 300 g/mol. The molecule has 1 aromatic carbocycles. The van der Waals surface area contributed by atoms with Gasteiger partial charge in [0.15, 0.2) is 9.84 Å². The number of rotatable bonds is 5. The molecule has 0 unspecified atom stereocenters. The molecule has 2 aliphatic rings. The van der Waals surface area contributed by atoms with E-state index in [1.54, 1.807) is 0 Å². The van der Waals surface area contributed by atoms with Gasteiger partial charge in [-0.3, -0.25) is 4.90 Å². The van der Waals surface area contributed by atoms with E-state index >= 15 is 0 Å². The third-order valence-electron chi connectivity index (χ3n) is 4.55. The predicted molar refractivity (Wildman–Crippen MR) is 87.3 cm³/mol. The molecule has 2 atom stereocenters. The number of sulfone groups is 1. The molecule has 2 N–H and O–H groups in total. The quantitative estimate of drug-likeness (QED) is 0.830. The number of nitrogen functional groups attached to an aromatic ring is 1. The molecule has 5 nitrogen and oxygen atoms in total. The van der Waals surface area contributed by atoms with Gasteiger partial charge in [-0.1, -0.05) is 12.1 Å². The van der Waals surface area contributed by atoms with Crippen molar-refractivity contribution >= 4 is 15.5 Å². The first-order valence-electron chi connectivity index (χ1n) is 7.92. The van der Waals surface area contributed by atoms with Crippen molar-refractivity contribution in [3.63, 3.8) is 0 Å². The van der Waals surface area contributed by atoms with Gasteiger partial charge in [-0.15, -0.1) is 0 Å². The van der Waals surface area contributed by atoms with Gasteiger partial charge >= 0.3 is 0 Å². The fraction of sp³-hybridized carbons (Fsp3) is 0.625. The molecule has 0 radical (unpaired) electrons. The summed E-state index contributed by atoms with van der Waals surface area (Å²) in [6, 6.07) is 7.92. The molecule has 2 heterocycles. The minimum atomic E-state index is -2.88. The van der Waals surface area contributed by atoms with Crippen molar-refractivity contribution < 1.29 is 13.2 Å². The Balaban J connectivity index is 1.71. The first kappa shape index (κ1) is 15.8. The highest BCUT2D eigenvalue weighted by Crippen LogP contribution is 2.23. The van der Waals surface area contributed by atoms with Gasteiger partial charge in [0, 0.05) is 31.4 Å². The lowest BCUT2D eigenvalue weighted by atomic mass is 10.1. The average molecular weight is 324 g/mol. The Morgan fingerprint density at radius 3 is 2.59 bits per heavy atom. The van der Waals surface area contributed by atoms with E-state index in [0.29, 0.717) is 5.75 Å². The number of nitrogens with two attached hydrogens (primary N) is 1. The summed E-state index contributed by atoms with van der Waals surface area (Å²) in [7, 11) is -2.88. The van der Waals surface area contributed by atoms with Crippen molar-refractivity contribution in [2.75, 3.05) is 30.4 Å². The highest BCUT2D eigenvalue weighted by atomic mass is 32.2. The minimum absolute atomic E-state index is 0.103. The van der Waals surface area contributed by atoms with Crippen LogP contribution in [0.4, 0.5) is 5.69 Å². The van der Waals surface area contributed by atoms with Crippen molar-refractivity contribution in [3.05, 3.63) is 29.8 Å². The molecule has 1 aromatic rings. The van der Waals surface area contributed by atoms with Crippen LogP contribution in [0.25, 0.3) is 0 Å². The van der Waals surface area contributed by atoms with Crippen LogP contribution in [0.2, 0.25) is 0 Å². The second-order valence-corrected chi connectivity index (χ2v) is 8.59. The fourth-order valence-electron chi connectivity index (χ4n) is 3.31. The highest BCUT2D eigenvalue weighted by Gasteiger charge is 2.33. The molecule has 22 heavy (non-hydrogen) atoms. The Hall–Kier alpha value is -1.11. The van der Waals surface area contributed by atoms with Gasteiger partial charge in [-0.2, -0.15) is 0 Å². The maximum absolute atomic E-state index is 11.8. The Bertz CT molecular complexity index is 594. The van der Waals surface area contributed by atoms with E-state index in [2.05, 4.69) is 4.90 Å². The van der Waals surface area contributed by atoms with E-state index in [1.165, 1.54) is 0 Å². The van der Waals surface area contributed by atoms with Gasteiger partial charge in [0.05, 0.1) is 17.6 Å². The topological polar surface area (TPSA) is 72.6 Å². The zero-order valence-electron chi connectivity index (χ0n) is 12.8. The smallest absolute Gasteiger partial charge is 0.151 e. The zero-order valence-corrected chi connectivity index (χ0v) is 13.6. The standard InChI is InChI=1S/C16H24N2O3S/c17-14-5-3-13(4-6-14)10-18(11-16-2-1-8-21-16)15-7-9-22(19,20)12-15/h3-6,15-16H,1-2,7-12,17H2/t15-,16+/m0/s1. The van der Waals surface area contributed by atoms with Crippen LogP contribution in [0.3, 0.4) is 0 Å². The summed E-state index contributed by atoms with van der Waals surface area (Å²) in [6.07, 6.45) is 3.13. The second kappa shape index (κ2) is 6.56. The second-order valence-electron chi connectivity index (χ2n) is 6.36. The van der Waals surface area contributed by atoms with Gasteiger partial charge < -0.3 is 10.5 Å². The lowest BCUT2D eigenvalue weighted by Gasteiger charge is -2.30. The number of hydrogen-bond acceptors (Lipinski definition) is 5. The summed E-state index contributed by atoms with van der Waals surface area (Å²) in [4.78, 5) is 2.28. The fourth-order valence-corrected chi connectivity index (χ4v) is 5.08. The van der Waals surface area contributed by atoms with Crippen molar-refractivity contribution in [1.29, 1.82) is 0 Å². The van der Waals surface area contributed by atoms with Crippen LogP contribution < -0.4 is 5.73 Å². The third kappa shape index (κ3) is 4.00. The first-order chi connectivity index (χ1) is 10.5. The van der Waals surface area contributed by atoms with E-state index < -0.39 is 9.84 Å². The predicted octanol–water partition coefficient (Wildman–Crippen LogP) is 1.44. The number of anilines is 1. The van der Waals surface area contributed by atoms with Gasteiger partial charge in [-0.25, -0.2) is 8.42 Å². The number of benzene rings is 1. The SMILES string of the molecule is Nc1ccc(CN(C[C@H]2CCCO2)[C@H]2CCS(=O)(=O)C2)cc1. The average Bonchev–Trinajstić information content (AvgIpc) is 3.10. The molecule has 2 aliphatic heterocycles. The van der Waals surface area contributed by atoms with Gasteiger partial charge in [0.1, 0.15) is 0 Å². The summed E-state index contributed by atoms with van der Waals surface area (Å²) in [5.41, 5.74) is 7.65. The van der Waals surface area contributed by atoms with Crippen LogP contribution >= 0.6 is 0 Å². The van der Waals surface area contributed by atoms with Crippen LogP contribution in [-0.4, -0.2) is 50.1 Å². The van der Waals surface area contributed by atoms with E-state index in [1.807, 2.05) is 24.3 Å². The molecule has 0 aliphatic carbocycles. The van der Waals surface area contributed by atoms with E-state index in [4.69, 9.17) is 10.5 Å². The van der Waals surface area contributed by atoms with E-state index in [-0.39, 0.29) is 17.9 Å². The van der Waals surface area contributed by atoms with Crippen molar-refractivity contribution in [1.82, 2.24) is 4.90 Å².